The Kier molecular flexibility index (Phi) is 7.41. The van der Waals surface area contributed by atoms with Crippen LogP contribution < -0.4 is 0 Å². The van der Waals surface area contributed by atoms with Crippen molar-refractivity contribution in [1.29, 1.82) is 0 Å². The van der Waals surface area contributed by atoms with Gasteiger partial charge in [0.05, 0.1) is 17.7 Å². The van der Waals surface area contributed by atoms with E-state index in [4.69, 9.17) is 28.4 Å². The molecule has 1 unspecified atom stereocenters. The average Bonchev–Trinajstić information content (AvgIpc) is 2.84. The summed E-state index contributed by atoms with van der Waals surface area (Å²) in [7, 11) is 1.29. The molecule has 2 aromatic rings. The molecule has 0 bridgehead atoms. The predicted molar refractivity (Wildman–Crippen MR) is 112 cm³/mol. The molecule has 8 nitrogen and oxygen atoms in total. The van der Waals surface area contributed by atoms with Crippen LogP contribution in [0.3, 0.4) is 0 Å². The van der Waals surface area contributed by atoms with Crippen LogP contribution in [-0.4, -0.2) is 56.4 Å². The monoisotopic (exact) mass is 496 g/mol. The van der Waals surface area contributed by atoms with Crippen molar-refractivity contribution >= 4 is 11.9 Å². The molecule has 11 heteroatoms. The molecule has 2 aliphatic heterocycles. The summed E-state index contributed by atoms with van der Waals surface area (Å²) >= 11 is 0. The Hall–Kier alpha value is -2.99. The maximum atomic E-state index is 13.1. The smallest absolute Gasteiger partial charge is 0.416 e. The highest BCUT2D eigenvalue weighted by atomic mass is 19.4. The van der Waals surface area contributed by atoms with Crippen LogP contribution in [0.2, 0.25) is 0 Å². The largest absolute Gasteiger partial charge is 0.455 e. The van der Waals surface area contributed by atoms with Gasteiger partial charge in [0.25, 0.3) is 0 Å². The maximum Gasteiger partial charge on any atom is 0.416 e. The third-order valence-corrected chi connectivity index (χ3v) is 5.56. The summed E-state index contributed by atoms with van der Waals surface area (Å²) in [6.07, 6.45) is -10.8. The lowest BCUT2D eigenvalue weighted by Gasteiger charge is -2.47. The van der Waals surface area contributed by atoms with Crippen molar-refractivity contribution in [1.82, 2.24) is 0 Å². The zero-order chi connectivity index (χ0) is 25.2. The normalized spacial score (nSPS) is 28.6. The highest BCUT2D eigenvalue weighted by molar-refractivity contribution is 5.89. The van der Waals surface area contributed by atoms with Gasteiger partial charge in [0.2, 0.25) is 0 Å². The number of alkyl halides is 3. The molecule has 4 rings (SSSR count). The number of hydrogen-bond donors (Lipinski definition) is 0. The zero-order valence-corrected chi connectivity index (χ0v) is 18.8. The third-order valence-electron chi connectivity index (χ3n) is 5.56. The molecule has 0 radical (unpaired) electrons. The molecule has 2 aliphatic rings. The Labute approximate surface area is 198 Å². The summed E-state index contributed by atoms with van der Waals surface area (Å²) in [6, 6.07) is 12.8. The van der Waals surface area contributed by atoms with E-state index in [2.05, 4.69) is 0 Å². The number of methoxy groups -OCH3 is 1. The van der Waals surface area contributed by atoms with Crippen molar-refractivity contribution in [2.45, 2.75) is 50.1 Å². The molecular formula is C24H23F3O8. The number of ether oxygens (including phenoxy) is 6. The lowest BCUT2D eigenvalue weighted by molar-refractivity contribution is -0.357. The molecule has 2 aromatic carbocycles. The van der Waals surface area contributed by atoms with Crippen LogP contribution >= 0.6 is 0 Å². The van der Waals surface area contributed by atoms with Gasteiger partial charge in [-0.25, -0.2) is 4.79 Å². The average molecular weight is 496 g/mol. The number of esters is 2. The fourth-order valence-electron chi connectivity index (χ4n) is 3.98. The molecule has 35 heavy (non-hydrogen) atoms. The van der Waals surface area contributed by atoms with Crippen LogP contribution in [0.25, 0.3) is 0 Å². The Balaban J connectivity index is 1.60. The zero-order valence-electron chi connectivity index (χ0n) is 18.8. The van der Waals surface area contributed by atoms with Gasteiger partial charge in [-0.3, -0.25) is 4.79 Å². The van der Waals surface area contributed by atoms with E-state index in [-0.39, 0.29) is 12.2 Å². The van der Waals surface area contributed by atoms with Gasteiger partial charge in [-0.2, -0.15) is 13.2 Å². The van der Waals surface area contributed by atoms with Crippen LogP contribution in [0.1, 0.15) is 34.7 Å². The molecule has 0 N–H and O–H groups in total. The van der Waals surface area contributed by atoms with Crippen molar-refractivity contribution < 1.29 is 51.2 Å². The minimum Gasteiger partial charge on any atom is -0.455 e. The fraction of sp³-hybridized carbons (Fsp3) is 0.417. The minimum atomic E-state index is -4.64. The molecular weight excluding hydrogens is 473 g/mol. The van der Waals surface area contributed by atoms with Crippen LogP contribution in [-0.2, 0) is 39.4 Å². The van der Waals surface area contributed by atoms with Crippen LogP contribution in [0.4, 0.5) is 13.2 Å². The van der Waals surface area contributed by atoms with E-state index >= 15 is 0 Å². The number of fused-ring (bicyclic) bond motifs is 1. The van der Waals surface area contributed by atoms with E-state index in [1.54, 1.807) is 24.3 Å². The summed E-state index contributed by atoms with van der Waals surface area (Å²) in [6.45, 7) is 1.24. The second-order valence-electron chi connectivity index (χ2n) is 7.98. The SMILES string of the molecule is CO[C@H]1O[C@@H]2COC(c3ccccc3)O[C@H]2[C@H](OC(C)=O)[C@H]1OC(=O)c1cccc(C(F)(F)F)c1. The van der Waals surface area contributed by atoms with Crippen molar-refractivity contribution in [3.05, 3.63) is 71.3 Å². The van der Waals surface area contributed by atoms with E-state index in [9.17, 15) is 22.8 Å². The van der Waals surface area contributed by atoms with Gasteiger partial charge < -0.3 is 28.4 Å². The standard InChI is InChI=1S/C24H23F3O8/c1-13(28)32-19-18-17(12-31-22(35-18)14-7-4-3-5-8-14)33-23(30-2)20(19)34-21(29)15-9-6-10-16(11-15)24(25,26)27/h3-11,17-20,22-23H,12H2,1-2H3/t17-,18-,19+,20-,22?,23+/m1/s1. The summed E-state index contributed by atoms with van der Waals surface area (Å²) in [4.78, 5) is 24.8. The molecule has 0 spiro atoms. The molecule has 0 aromatic heterocycles. The summed E-state index contributed by atoms with van der Waals surface area (Å²) in [5.74, 6) is -1.76. The van der Waals surface area contributed by atoms with Crippen LogP contribution in [0.5, 0.6) is 0 Å². The van der Waals surface area contributed by atoms with Crippen molar-refractivity contribution in [3.8, 4) is 0 Å². The van der Waals surface area contributed by atoms with Gasteiger partial charge in [0.15, 0.2) is 24.8 Å². The third kappa shape index (κ3) is 5.64. The summed E-state index contributed by atoms with van der Waals surface area (Å²) < 4.78 is 73.2. The number of carbonyl (C=O) groups is 2. The van der Waals surface area contributed by atoms with E-state index in [1.165, 1.54) is 20.1 Å². The molecule has 188 valence electrons. The van der Waals surface area contributed by atoms with Gasteiger partial charge in [-0.05, 0) is 18.2 Å². The second kappa shape index (κ2) is 10.3. The van der Waals surface area contributed by atoms with E-state index < -0.39 is 60.7 Å². The number of hydrogen-bond acceptors (Lipinski definition) is 8. The highest BCUT2D eigenvalue weighted by Gasteiger charge is 2.54. The Morgan fingerprint density at radius 2 is 1.71 bits per heavy atom. The molecule has 0 aliphatic carbocycles. The highest BCUT2D eigenvalue weighted by Crippen LogP contribution is 2.37. The quantitative estimate of drug-likeness (QED) is 0.580. The Bertz CT molecular complexity index is 1040. The summed E-state index contributed by atoms with van der Waals surface area (Å²) in [5.41, 5.74) is -0.641. The van der Waals surface area contributed by atoms with E-state index in [1.807, 2.05) is 6.07 Å². The fourth-order valence-corrected chi connectivity index (χ4v) is 3.98. The van der Waals surface area contributed by atoms with Crippen molar-refractivity contribution in [3.63, 3.8) is 0 Å². The van der Waals surface area contributed by atoms with Gasteiger partial charge >= 0.3 is 18.1 Å². The summed E-state index contributed by atoms with van der Waals surface area (Å²) in [5, 5.41) is 0. The molecule has 0 amide bonds. The van der Waals surface area contributed by atoms with Crippen LogP contribution in [0.15, 0.2) is 54.6 Å². The lowest BCUT2D eigenvalue weighted by Crippen LogP contribution is -2.64. The molecule has 2 heterocycles. The molecule has 6 atom stereocenters. The second-order valence-corrected chi connectivity index (χ2v) is 7.98. The minimum absolute atomic E-state index is 0.0656. The van der Waals surface area contributed by atoms with E-state index in [0.717, 1.165) is 12.1 Å². The van der Waals surface area contributed by atoms with Gasteiger partial charge in [-0.1, -0.05) is 36.4 Å². The lowest BCUT2D eigenvalue weighted by atomic mass is 9.97. The van der Waals surface area contributed by atoms with Crippen molar-refractivity contribution in [2.75, 3.05) is 13.7 Å². The number of benzene rings is 2. The predicted octanol–water partition coefficient (Wildman–Crippen LogP) is 3.65. The number of rotatable bonds is 5. The van der Waals surface area contributed by atoms with E-state index in [0.29, 0.717) is 11.6 Å². The first-order chi connectivity index (χ1) is 16.7. The Morgan fingerprint density at radius 3 is 2.37 bits per heavy atom. The molecule has 2 fully saturated rings. The van der Waals surface area contributed by atoms with Gasteiger partial charge in [0.1, 0.15) is 12.2 Å². The van der Waals surface area contributed by atoms with Gasteiger partial charge in [-0.15, -0.1) is 0 Å². The van der Waals surface area contributed by atoms with Crippen molar-refractivity contribution in [2.24, 2.45) is 0 Å². The maximum absolute atomic E-state index is 13.1. The topological polar surface area (TPSA) is 89.5 Å². The van der Waals surface area contributed by atoms with Gasteiger partial charge in [0, 0.05) is 19.6 Å². The first-order valence-corrected chi connectivity index (χ1v) is 10.7. The first-order valence-electron chi connectivity index (χ1n) is 10.7. The van der Waals surface area contributed by atoms with Crippen LogP contribution in [0, 0.1) is 0 Å². The number of halogens is 3. The Morgan fingerprint density at radius 1 is 0.971 bits per heavy atom. The molecule has 0 saturated carbocycles. The molecule has 2 saturated heterocycles. The first kappa shape index (κ1) is 25.1. The number of carbonyl (C=O) groups excluding carboxylic acids is 2.